The van der Waals surface area contributed by atoms with Gasteiger partial charge in [-0.3, -0.25) is 4.79 Å². The standard InChI is InChI=1S/C18H18F3NO4/c1-11(25-14-5-3-4-13(19)9-14)17(23)22-10-12-6-7-15(24-2)16(8-12)26-18(20)21/h3-9,11,18H,10H2,1-2H3,(H,22,23). The molecule has 140 valence electrons. The van der Waals surface area contributed by atoms with Crippen LogP contribution in [0.3, 0.4) is 0 Å². The molecule has 0 aliphatic rings. The number of carbonyl (C=O) groups excluding carboxylic acids is 1. The van der Waals surface area contributed by atoms with Crippen molar-refractivity contribution in [1.82, 2.24) is 5.32 Å². The van der Waals surface area contributed by atoms with Crippen molar-refractivity contribution >= 4 is 5.91 Å². The van der Waals surface area contributed by atoms with E-state index in [1.54, 1.807) is 6.07 Å². The molecule has 1 unspecified atom stereocenters. The van der Waals surface area contributed by atoms with Crippen molar-refractivity contribution in [3.8, 4) is 17.2 Å². The van der Waals surface area contributed by atoms with Crippen molar-refractivity contribution in [3.05, 3.63) is 53.8 Å². The summed E-state index contributed by atoms with van der Waals surface area (Å²) in [5, 5.41) is 2.61. The maximum Gasteiger partial charge on any atom is 0.387 e. The minimum absolute atomic E-state index is 0.0687. The van der Waals surface area contributed by atoms with Crippen LogP contribution in [0.5, 0.6) is 17.2 Å². The molecular weight excluding hydrogens is 351 g/mol. The average molecular weight is 369 g/mol. The largest absolute Gasteiger partial charge is 0.493 e. The zero-order valence-electron chi connectivity index (χ0n) is 14.2. The van der Waals surface area contributed by atoms with E-state index in [4.69, 9.17) is 9.47 Å². The van der Waals surface area contributed by atoms with Gasteiger partial charge in [0.05, 0.1) is 7.11 Å². The van der Waals surface area contributed by atoms with Gasteiger partial charge in [-0.1, -0.05) is 12.1 Å². The lowest BCUT2D eigenvalue weighted by Crippen LogP contribution is -2.35. The number of methoxy groups -OCH3 is 1. The van der Waals surface area contributed by atoms with E-state index in [0.717, 1.165) is 0 Å². The Balaban J connectivity index is 1.95. The SMILES string of the molecule is COc1ccc(CNC(=O)C(C)Oc2cccc(F)c2)cc1OC(F)F. The Kier molecular flexibility index (Phi) is 6.71. The van der Waals surface area contributed by atoms with Crippen LogP contribution >= 0.6 is 0 Å². The van der Waals surface area contributed by atoms with Gasteiger partial charge in [0, 0.05) is 12.6 Å². The number of carbonyl (C=O) groups is 1. The van der Waals surface area contributed by atoms with E-state index in [1.165, 1.54) is 50.4 Å². The quantitative estimate of drug-likeness (QED) is 0.774. The van der Waals surface area contributed by atoms with Gasteiger partial charge >= 0.3 is 6.61 Å². The molecule has 26 heavy (non-hydrogen) atoms. The highest BCUT2D eigenvalue weighted by molar-refractivity contribution is 5.80. The third-order valence-electron chi connectivity index (χ3n) is 3.39. The molecule has 0 saturated carbocycles. The highest BCUT2D eigenvalue weighted by Crippen LogP contribution is 2.29. The number of ether oxygens (including phenoxy) is 3. The molecule has 2 rings (SSSR count). The van der Waals surface area contributed by atoms with Crippen molar-refractivity contribution in [1.29, 1.82) is 0 Å². The van der Waals surface area contributed by atoms with E-state index in [9.17, 15) is 18.0 Å². The van der Waals surface area contributed by atoms with E-state index in [1.807, 2.05) is 0 Å². The first-order valence-electron chi connectivity index (χ1n) is 7.70. The minimum Gasteiger partial charge on any atom is -0.493 e. The van der Waals surface area contributed by atoms with Gasteiger partial charge in [0.1, 0.15) is 11.6 Å². The molecule has 0 saturated heterocycles. The molecule has 0 heterocycles. The van der Waals surface area contributed by atoms with Gasteiger partial charge in [-0.15, -0.1) is 0 Å². The molecule has 8 heteroatoms. The number of alkyl halides is 2. The van der Waals surface area contributed by atoms with Crippen LogP contribution in [0.1, 0.15) is 12.5 Å². The molecule has 0 aromatic heterocycles. The normalized spacial score (nSPS) is 11.8. The molecule has 0 aliphatic carbocycles. The van der Waals surface area contributed by atoms with Crippen molar-refractivity contribution in [3.63, 3.8) is 0 Å². The Bertz CT molecular complexity index is 755. The lowest BCUT2D eigenvalue weighted by Gasteiger charge is -2.15. The summed E-state index contributed by atoms with van der Waals surface area (Å²) in [6.07, 6.45) is -0.869. The summed E-state index contributed by atoms with van der Waals surface area (Å²) in [5.41, 5.74) is 0.535. The van der Waals surface area contributed by atoms with Crippen LogP contribution < -0.4 is 19.5 Å². The highest BCUT2D eigenvalue weighted by atomic mass is 19.3. The number of amides is 1. The van der Waals surface area contributed by atoms with E-state index in [0.29, 0.717) is 5.56 Å². The summed E-state index contributed by atoms with van der Waals surface area (Å²) in [7, 11) is 1.33. The Labute approximate surface area is 148 Å². The van der Waals surface area contributed by atoms with Crippen LogP contribution in [0, 0.1) is 5.82 Å². The Morgan fingerprint density at radius 2 is 1.88 bits per heavy atom. The third kappa shape index (κ3) is 5.58. The summed E-state index contributed by atoms with van der Waals surface area (Å²) < 4.78 is 52.7. The van der Waals surface area contributed by atoms with Crippen molar-refractivity contribution < 1.29 is 32.2 Å². The molecule has 1 atom stereocenters. The van der Waals surface area contributed by atoms with Gasteiger partial charge in [0.2, 0.25) is 0 Å². The Hall–Kier alpha value is -2.90. The lowest BCUT2D eigenvalue weighted by atomic mass is 10.2. The smallest absolute Gasteiger partial charge is 0.387 e. The van der Waals surface area contributed by atoms with E-state index < -0.39 is 24.4 Å². The molecule has 0 fully saturated rings. The maximum atomic E-state index is 13.1. The fourth-order valence-corrected chi connectivity index (χ4v) is 2.15. The first kappa shape index (κ1) is 19.4. The van der Waals surface area contributed by atoms with Gasteiger partial charge in [-0.05, 0) is 36.8 Å². The zero-order valence-corrected chi connectivity index (χ0v) is 14.2. The van der Waals surface area contributed by atoms with Crippen molar-refractivity contribution in [2.45, 2.75) is 26.2 Å². The fourth-order valence-electron chi connectivity index (χ4n) is 2.15. The second kappa shape index (κ2) is 8.98. The van der Waals surface area contributed by atoms with Crippen LogP contribution in [0.15, 0.2) is 42.5 Å². The van der Waals surface area contributed by atoms with Gasteiger partial charge in [0.15, 0.2) is 17.6 Å². The third-order valence-corrected chi connectivity index (χ3v) is 3.39. The molecule has 2 aromatic rings. The highest BCUT2D eigenvalue weighted by Gasteiger charge is 2.16. The van der Waals surface area contributed by atoms with Crippen LogP contribution in [-0.2, 0) is 11.3 Å². The molecule has 0 spiro atoms. The van der Waals surface area contributed by atoms with E-state index >= 15 is 0 Å². The molecule has 0 bridgehead atoms. The van der Waals surface area contributed by atoms with Crippen molar-refractivity contribution in [2.75, 3.05) is 7.11 Å². The first-order chi connectivity index (χ1) is 12.4. The van der Waals surface area contributed by atoms with E-state index in [2.05, 4.69) is 10.1 Å². The Morgan fingerprint density at radius 1 is 1.12 bits per heavy atom. The number of hydrogen-bond acceptors (Lipinski definition) is 4. The van der Waals surface area contributed by atoms with Crippen LogP contribution in [0.2, 0.25) is 0 Å². The summed E-state index contributed by atoms with van der Waals surface area (Å²) >= 11 is 0. The predicted molar refractivity (Wildman–Crippen MR) is 88.0 cm³/mol. The van der Waals surface area contributed by atoms with Crippen LogP contribution in [0.4, 0.5) is 13.2 Å². The fraction of sp³-hybridized carbons (Fsp3) is 0.278. The first-order valence-corrected chi connectivity index (χ1v) is 7.70. The number of hydrogen-bond donors (Lipinski definition) is 1. The zero-order chi connectivity index (χ0) is 19.1. The summed E-state index contributed by atoms with van der Waals surface area (Å²) in [6, 6.07) is 9.85. The maximum absolute atomic E-state index is 13.1. The Morgan fingerprint density at radius 3 is 2.54 bits per heavy atom. The van der Waals surface area contributed by atoms with Crippen LogP contribution in [0.25, 0.3) is 0 Å². The summed E-state index contributed by atoms with van der Waals surface area (Å²) in [5.74, 6) is -0.660. The number of rotatable bonds is 8. The molecule has 0 aliphatic heterocycles. The van der Waals surface area contributed by atoms with Crippen molar-refractivity contribution in [2.24, 2.45) is 0 Å². The number of benzene rings is 2. The molecule has 1 N–H and O–H groups in total. The average Bonchev–Trinajstić information content (AvgIpc) is 2.59. The topological polar surface area (TPSA) is 56.8 Å². The summed E-state index contributed by atoms with van der Waals surface area (Å²) in [6.45, 7) is -1.41. The monoisotopic (exact) mass is 369 g/mol. The predicted octanol–water partition coefficient (Wildman–Crippen LogP) is 3.52. The second-order valence-electron chi connectivity index (χ2n) is 5.30. The second-order valence-corrected chi connectivity index (χ2v) is 5.30. The molecule has 5 nitrogen and oxygen atoms in total. The molecular formula is C18H18F3NO4. The van der Waals surface area contributed by atoms with Gasteiger partial charge in [0.25, 0.3) is 5.91 Å². The molecule has 2 aromatic carbocycles. The summed E-state index contributed by atoms with van der Waals surface area (Å²) in [4.78, 5) is 12.1. The minimum atomic E-state index is -2.99. The van der Waals surface area contributed by atoms with Crippen LogP contribution in [-0.4, -0.2) is 25.7 Å². The van der Waals surface area contributed by atoms with Gasteiger partial charge < -0.3 is 19.5 Å². The number of nitrogens with one attached hydrogen (secondary N) is 1. The van der Waals surface area contributed by atoms with E-state index in [-0.39, 0.29) is 23.8 Å². The number of halogens is 3. The molecule has 1 amide bonds. The lowest BCUT2D eigenvalue weighted by molar-refractivity contribution is -0.127. The van der Waals surface area contributed by atoms with Gasteiger partial charge in [-0.25, -0.2) is 4.39 Å². The van der Waals surface area contributed by atoms with Gasteiger partial charge in [-0.2, -0.15) is 8.78 Å². The molecule has 0 radical (unpaired) electrons.